The first-order valence-electron chi connectivity index (χ1n) is 2.87. The quantitative estimate of drug-likeness (QED) is 0.452. The lowest BCUT2D eigenvalue weighted by Crippen LogP contribution is -2.06. The van der Waals surface area contributed by atoms with Crippen molar-refractivity contribution in [3.05, 3.63) is 27.6 Å². The zero-order valence-corrected chi connectivity index (χ0v) is 7.13. The van der Waals surface area contributed by atoms with Gasteiger partial charge in [-0.1, -0.05) is 0 Å². The summed E-state index contributed by atoms with van der Waals surface area (Å²) < 4.78 is 0.720. The number of nitrogens with one attached hydrogen (secondary N) is 1. The molecule has 11 heavy (non-hydrogen) atoms. The summed E-state index contributed by atoms with van der Waals surface area (Å²) in [6, 6.07) is 4.83. The summed E-state index contributed by atoms with van der Waals surface area (Å²) in [4.78, 5) is 10.0. The Labute approximate surface area is 71.9 Å². The van der Waals surface area contributed by atoms with Gasteiger partial charge in [-0.05, 0) is 39.3 Å². The standard InChI is InChI=1S/C6H6BrN3O/c7-5-3-4(10-11)1-2-6(5)9-8/h1-3,9H,8H2. The summed E-state index contributed by atoms with van der Waals surface area (Å²) in [5, 5.41) is 2.76. The van der Waals surface area contributed by atoms with E-state index in [0.717, 1.165) is 10.2 Å². The predicted octanol–water partition coefficient (Wildman–Crippen LogP) is 2.13. The first-order valence-corrected chi connectivity index (χ1v) is 3.66. The van der Waals surface area contributed by atoms with Gasteiger partial charge in [0.2, 0.25) is 0 Å². The molecule has 0 aromatic heterocycles. The molecule has 3 N–H and O–H groups in total. The number of hydrogen-bond acceptors (Lipinski definition) is 4. The molecule has 1 aromatic carbocycles. The van der Waals surface area contributed by atoms with Crippen molar-refractivity contribution in [1.82, 2.24) is 0 Å². The zero-order chi connectivity index (χ0) is 8.27. The third-order valence-corrected chi connectivity index (χ3v) is 1.87. The van der Waals surface area contributed by atoms with Gasteiger partial charge in [-0.25, -0.2) is 0 Å². The second-order valence-electron chi connectivity index (χ2n) is 1.90. The Morgan fingerprint density at radius 1 is 1.55 bits per heavy atom. The molecule has 0 spiro atoms. The van der Waals surface area contributed by atoms with E-state index in [-0.39, 0.29) is 0 Å². The third kappa shape index (κ3) is 1.75. The van der Waals surface area contributed by atoms with Crippen molar-refractivity contribution in [2.45, 2.75) is 0 Å². The smallest absolute Gasteiger partial charge is 0.109 e. The van der Waals surface area contributed by atoms with Crippen molar-refractivity contribution in [2.24, 2.45) is 11.0 Å². The number of hydrogen-bond donors (Lipinski definition) is 2. The Hall–Kier alpha value is -0.940. The van der Waals surface area contributed by atoms with Crippen LogP contribution in [-0.4, -0.2) is 0 Å². The highest BCUT2D eigenvalue weighted by Crippen LogP contribution is 2.26. The minimum absolute atomic E-state index is 0.371. The van der Waals surface area contributed by atoms with E-state index >= 15 is 0 Å². The predicted molar refractivity (Wildman–Crippen MR) is 47.4 cm³/mol. The lowest BCUT2D eigenvalue weighted by Gasteiger charge is -2.01. The Morgan fingerprint density at radius 3 is 2.73 bits per heavy atom. The number of nitrogen functional groups attached to an aromatic ring is 1. The number of nitrogens with zero attached hydrogens (tertiary/aromatic N) is 1. The lowest BCUT2D eigenvalue weighted by atomic mass is 10.3. The molecule has 0 radical (unpaired) electrons. The fourth-order valence-corrected chi connectivity index (χ4v) is 1.16. The molecule has 0 aliphatic heterocycles. The van der Waals surface area contributed by atoms with Gasteiger partial charge in [0.15, 0.2) is 0 Å². The minimum atomic E-state index is 0.371. The van der Waals surface area contributed by atoms with Crippen LogP contribution in [-0.2, 0) is 0 Å². The normalized spacial score (nSPS) is 9.27. The van der Waals surface area contributed by atoms with Crippen LogP contribution < -0.4 is 11.3 Å². The van der Waals surface area contributed by atoms with Gasteiger partial charge in [0, 0.05) is 4.47 Å². The van der Waals surface area contributed by atoms with Gasteiger partial charge in [-0.15, -0.1) is 4.91 Å². The van der Waals surface area contributed by atoms with Crippen LogP contribution in [0.2, 0.25) is 0 Å². The van der Waals surface area contributed by atoms with Gasteiger partial charge < -0.3 is 5.43 Å². The van der Waals surface area contributed by atoms with Crippen molar-refractivity contribution < 1.29 is 0 Å². The van der Waals surface area contributed by atoms with E-state index in [1.165, 1.54) is 0 Å². The average Bonchev–Trinajstić information content (AvgIpc) is 2.04. The third-order valence-electron chi connectivity index (χ3n) is 1.21. The highest BCUT2D eigenvalue weighted by atomic mass is 79.9. The first kappa shape index (κ1) is 8.16. The Kier molecular flexibility index (Phi) is 2.56. The molecule has 0 amide bonds. The van der Waals surface area contributed by atoms with Crippen LogP contribution in [0.1, 0.15) is 0 Å². The summed E-state index contributed by atoms with van der Waals surface area (Å²) >= 11 is 3.21. The van der Waals surface area contributed by atoms with Crippen LogP contribution in [0.15, 0.2) is 27.8 Å². The van der Waals surface area contributed by atoms with E-state index in [1.54, 1.807) is 18.2 Å². The average molecular weight is 216 g/mol. The molecule has 0 saturated heterocycles. The number of nitroso groups, excluding NO2 is 1. The molecule has 0 heterocycles. The number of halogens is 1. The summed E-state index contributed by atoms with van der Waals surface area (Å²) in [5.41, 5.74) is 3.55. The number of rotatable bonds is 2. The Morgan fingerprint density at radius 2 is 2.27 bits per heavy atom. The lowest BCUT2D eigenvalue weighted by molar-refractivity contribution is 1.33. The largest absolute Gasteiger partial charge is 0.323 e. The van der Waals surface area contributed by atoms with E-state index in [9.17, 15) is 4.91 Å². The van der Waals surface area contributed by atoms with Gasteiger partial charge >= 0.3 is 0 Å². The van der Waals surface area contributed by atoms with Crippen molar-refractivity contribution in [3.8, 4) is 0 Å². The molecule has 0 aliphatic rings. The minimum Gasteiger partial charge on any atom is -0.323 e. The van der Waals surface area contributed by atoms with Crippen LogP contribution >= 0.6 is 15.9 Å². The fourth-order valence-electron chi connectivity index (χ4n) is 0.678. The van der Waals surface area contributed by atoms with Gasteiger partial charge in [-0.2, -0.15) is 0 Å². The molecule has 1 rings (SSSR count). The number of benzene rings is 1. The zero-order valence-electron chi connectivity index (χ0n) is 5.54. The summed E-state index contributed by atoms with van der Waals surface area (Å²) in [5.74, 6) is 5.15. The van der Waals surface area contributed by atoms with Crippen LogP contribution in [0, 0.1) is 4.91 Å². The highest BCUT2D eigenvalue weighted by Gasteiger charge is 1.98. The fraction of sp³-hybridized carbons (Fsp3) is 0. The van der Waals surface area contributed by atoms with E-state index in [2.05, 4.69) is 26.5 Å². The van der Waals surface area contributed by atoms with Crippen LogP contribution in [0.25, 0.3) is 0 Å². The van der Waals surface area contributed by atoms with Crippen LogP contribution in [0.5, 0.6) is 0 Å². The number of anilines is 1. The maximum absolute atomic E-state index is 10.0. The molecule has 0 saturated carbocycles. The Bertz CT molecular complexity index is 277. The van der Waals surface area contributed by atoms with Crippen LogP contribution in [0.4, 0.5) is 11.4 Å². The maximum atomic E-state index is 10.0. The van der Waals surface area contributed by atoms with Gasteiger partial charge in [0.05, 0.1) is 5.69 Å². The van der Waals surface area contributed by atoms with Gasteiger partial charge in [-0.3, -0.25) is 5.84 Å². The number of hydrazine groups is 1. The maximum Gasteiger partial charge on any atom is 0.109 e. The molecule has 0 aliphatic carbocycles. The van der Waals surface area contributed by atoms with Crippen molar-refractivity contribution in [2.75, 3.05) is 5.43 Å². The molecule has 0 atom stereocenters. The molecule has 0 unspecified atom stereocenters. The molecule has 1 aromatic rings. The van der Waals surface area contributed by atoms with Crippen LogP contribution in [0.3, 0.4) is 0 Å². The summed E-state index contributed by atoms with van der Waals surface area (Å²) in [7, 11) is 0. The van der Waals surface area contributed by atoms with Crippen molar-refractivity contribution >= 4 is 27.3 Å². The molecule has 58 valence electrons. The van der Waals surface area contributed by atoms with E-state index in [1.807, 2.05) is 0 Å². The molecule has 0 fully saturated rings. The monoisotopic (exact) mass is 215 g/mol. The second-order valence-corrected chi connectivity index (χ2v) is 2.75. The molecular formula is C6H6BrN3O. The van der Waals surface area contributed by atoms with Crippen molar-refractivity contribution in [1.29, 1.82) is 0 Å². The van der Waals surface area contributed by atoms with E-state index < -0.39 is 0 Å². The molecular weight excluding hydrogens is 210 g/mol. The Balaban J connectivity index is 3.09. The van der Waals surface area contributed by atoms with E-state index in [4.69, 9.17) is 5.84 Å². The summed E-state index contributed by atoms with van der Waals surface area (Å²) in [6.45, 7) is 0. The van der Waals surface area contributed by atoms with Crippen molar-refractivity contribution in [3.63, 3.8) is 0 Å². The molecule has 5 heteroatoms. The highest BCUT2D eigenvalue weighted by molar-refractivity contribution is 9.10. The van der Waals surface area contributed by atoms with Gasteiger partial charge in [0.25, 0.3) is 0 Å². The second kappa shape index (κ2) is 3.45. The summed E-state index contributed by atoms with van der Waals surface area (Å²) in [6.07, 6.45) is 0. The topological polar surface area (TPSA) is 67.5 Å². The van der Waals surface area contributed by atoms with E-state index in [0.29, 0.717) is 5.69 Å². The number of nitrogens with two attached hydrogens (primary N) is 1. The SMILES string of the molecule is NNc1ccc(N=O)cc1Br. The van der Waals surface area contributed by atoms with Gasteiger partial charge in [0.1, 0.15) is 5.69 Å². The molecule has 0 bridgehead atoms. The first-order chi connectivity index (χ1) is 5.27. The molecule has 4 nitrogen and oxygen atoms in total.